The zero-order chi connectivity index (χ0) is 11.7. The lowest BCUT2D eigenvalue weighted by molar-refractivity contribution is -0.115. The number of hydrogen-bond donors (Lipinski definition) is 1. The summed E-state index contributed by atoms with van der Waals surface area (Å²) in [4.78, 5) is 11.2. The lowest BCUT2D eigenvalue weighted by Crippen LogP contribution is -2.03. The SMILES string of the molecule is CCCC(Cl)c1cc2c(cc1Cl)NC(=O)C2. The van der Waals surface area contributed by atoms with Gasteiger partial charge in [-0.2, -0.15) is 0 Å². The minimum Gasteiger partial charge on any atom is -0.325 e. The molecular formula is C12H13Cl2NO. The van der Waals surface area contributed by atoms with Crippen molar-refractivity contribution in [2.75, 3.05) is 5.32 Å². The molecular weight excluding hydrogens is 245 g/mol. The summed E-state index contributed by atoms with van der Waals surface area (Å²) in [6, 6.07) is 3.74. The highest BCUT2D eigenvalue weighted by atomic mass is 35.5. The highest BCUT2D eigenvalue weighted by Gasteiger charge is 2.21. The van der Waals surface area contributed by atoms with Crippen molar-refractivity contribution in [2.24, 2.45) is 0 Å². The standard InChI is InChI=1S/C12H13Cl2NO/c1-2-3-9(13)8-4-7-5-12(16)15-11(7)6-10(8)14/h4,6,9H,2-3,5H2,1H3,(H,15,16). The fourth-order valence-electron chi connectivity index (χ4n) is 1.92. The van der Waals surface area contributed by atoms with Crippen molar-refractivity contribution in [3.63, 3.8) is 0 Å². The van der Waals surface area contributed by atoms with Gasteiger partial charge in [0.15, 0.2) is 0 Å². The maximum atomic E-state index is 11.2. The Hall–Kier alpha value is -0.730. The third kappa shape index (κ3) is 2.18. The van der Waals surface area contributed by atoms with Crippen LogP contribution in [-0.4, -0.2) is 5.91 Å². The van der Waals surface area contributed by atoms with E-state index >= 15 is 0 Å². The van der Waals surface area contributed by atoms with E-state index in [4.69, 9.17) is 23.2 Å². The van der Waals surface area contributed by atoms with Gasteiger partial charge in [-0.05, 0) is 23.6 Å². The highest BCUT2D eigenvalue weighted by Crippen LogP contribution is 2.36. The molecule has 0 fully saturated rings. The quantitative estimate of drug-likeness (QED) is 0.818. The van der Waals surface area contributed by atoms with Crippen LogP contribution >= 0.6 is 23.2 Å². The van der Waals surface area contributed by atoms with Gasteiger partial charge in [-0.15, -0.1) is 11.6 Å². The number of carbonyl (C=O) groups is 1. The first kappa shape index (κ1) is 11.7. The van der Waals surface area contributed by atoms with Crippen LogP contribution in [0, 0.1) is 0 Å². The number of benzene rings is 1. The maximum Gasteiger partial charge on any atom is 0.228 e. The zero-order valence-corrected chi connectivity index (χ0v) is 10.5. The summed E-state index contributed by atoms with van der Waals surface area (Å²) in [6.45, 7) is 2.09. The molecule has 1 heterocycles. The molecule has 1 aliphatic heterocycles. The van der Waals surface area contributed by atoms with Gasteiger partial charge in [-0.25, -0.2) is 0 Å². The van der Waals surface area contributed by atoms with Crippen molar-refractivity contribution in [3.05, 3.63) is 28.3 Å². The molecule has 0 radical (unpaired) electrons. The minimum absolute atomic E-state index is 0.0184. The monoisotopic (exact) mass is 257 g/mol. The number of anilines is 1. The Labute approximate surface area is 105 Å². The molecule has 0 saturated carbocycles. The first-order chi connectivity index (χ1) is 7.61. The number of hydrogen-bond acceptors (Lipinski definition) is 1. The minimum atomic E-state index is -0.0708. The van der Waals surface area contributed by atoms with Crippen molar-refractivity contribution in [2.45, 2.75) is 31.6 Å². The van der Waals surface area contributed by atoms with Crippen LogP contribution in [-0.2, 0) is 11.2 Å². The summed E-state index contributed by atoms with van der Waals surface area (Å²) in [5.41, 5.74) is 2.74. The number of halogens is 2. The predicted octanol–water partition coefficient (Wildman–Crippen LogP) is 3.91. The summed E-state index contributed by atoms with van der Waals surface area (Å²) in [7, 11) is 0. The normalized spacial score (nSPS) is 15.8. The number of amides is 1. The Morgan fingerprint density at radius 3 is 2.94 bits per heavy atom. The molecule has 1 amide bonds. The molecule has 0 aliphatic carbocycles. The molecule has 0 bridgehead atoms. The van der Waals surface area contributed by atoms with Crippen molar-refractivity contribution >= 4 is 34.8 Å². The molecule has 1 unspecified atom stereocenters. The van der Waals surface area contributed by atoms with Crippen LogP contribution in [0.1, 0.15) is 36.3 Å². The second-order valence-electron chi connectivity index (χ2n) is 4.01. The van der Waals surface area contributed by atoms with Crippen molar-refractivity contribution in [3.8, 4) is 0 Å². The van der Waals surface area contributed by atoms with Gasteiger partial charge in [0.1, 0.15) is 0 Å². The second kappa shape index (κ2) is 4.64. The molecule has 0 aromatic heterocycles. The van der Waals surface area contributed by atoms with E-state index in [-0.39, 0.29) is 11.3 Å². The van der Waals surface area contributed by atoms with E-state index in [1.165, 1.54) is 0 Å². The molecule has 0 saturated heterocycles. The van der Waals surface area contributed by atoms with Gasteiger partial charge >= 0.3 is 0 Å². The van der Waals surface area contributed by atoms with E-state index in [0.717, 1.165) is 29.7 Å². The molecule has 1 aliphatic rings. The summed E-state index contributed by atoms with van der Waals surface area (Å²) in [5, 5.41) is 3.33. The Bertz CT molecular complexity index is 431. The Morgan fingerprint density at radius 1 is 1.50 bits per heavy atom. The third-order valence-corrected chi connectivity index (χ3v) is 3.51. The van der Waals surface area contributed by atoms with Gasteiger partial charge in [-0.1, -0.05) is 31.0 Å². The van der Waals surface area contributed by atoms with Crippen molar-refractivity contribution in [1.82, 2.24) is 0 Å². The van der Waals surface area contributed by atoms with E-state index in [1.54, 1.807) is 6.07 Å². The first-order valence-corrected chi connectivity index (χ1v) is 6.19. The first-order valence-electron chi connectivity index (χ1n) is 5.38. The topological polar surface area (TPSA) is 29.1 Å². The Balaban J connectivity index is 2.34. The van der Waals surface area contributed by atoms with E-state index < -0.39 is 0 Å². The number of rotatable bonds is 3. The second-order valence-corrected chi connectivity index (χ2v) is 4.95. The van der Waals surface area contributed by atoms with Crippen LogP contribution in [0.15, 0.2) is 12.1 Å². The van der Waals surface area contributed by atoms with Gasteiger partial charge in [0, 0.05) is 10.7 Å². The number of carbonyl (C=O) groups excluding carboxylic acids is 1. The molecule has 86 valence electrons. The van der Waals surface area contributed by atoms with Crippen LogP contribution in [0.25, 0.3) is 0 Å². The van der Waals surface area contributed by atoms with Gasteiger partial charge in [0.25, 0.3) is 0 Å². The third-order valence-electron chi connectivity index (χ3n) is 2.73. The highest BCUT2D eigenvalue weighted by molar-refractivity contribution is 6.33. The largest absolute Gasteiger partial charge is 0.325 e. The van der Waals surface area contributed by atoms with E-state index in [0.29, 0.717) is 11.4 Å². The lowest BCUT2D eigenvalue weighted by Gasteiger charge is -2.12. The van der Waals surface area contributed by atoms with E-state index in [2.05, 4.69) is 12.2 Å². The molecule has 16 heavy (non-hydrogen) atoms. The van der Waals surface area contributed by atoms with Crippen LogP contribution in [0.2, 0.25) is 5.02 Å². The van der Waals surface area contributed by atoms with Crippen LogP contribution in [0.3, 0.4) is 0 Å². The van der Waals surface area contributed by atoms with E-state index in [9.17, 15) is 4.79 Å². The summed E-state index contributed by atoms with van der Waals surface area (Å²) in [5.74, 6) is 0.0184. The van der Waals surface area contributed by atoms with E-state index in [1.807, 2.05) is 6.07 Å². The Morgan fingerprint density at radius 2 is 2.25 bits per heavy atom. The lowest BCUT2D eigenvalue weighted by atomic mass is 10.0. The molecule has 2 rings (SSSR count). The zero-order valence-electron chi connectivity index (χ0n) is 9.02. The van der Waals surface area contributed by atoms with Crippen LogP contribution in [0.4, 0.5) is 5.69 Å². The summed E-state index contributed by atoms with van der Waals surface area (Å²) < 4.78 is 0. The number of alkyl halides is 1. The molecule has 1 atom stereocenters. The molecule has 1 aromatic rings. The van der Waals surface area contributed by atoms with Crippen molar-refractivity contribution in [1.29, 1.82) is 0 Å². The predicted molar refractivity (Wildman–Crippen MR) is 67.3 cm³/mol. The van der Waals surface area contributed by atoms with Crippen LogP contribution < -0.4 is 5.32 Å². The average Bonchev–Trinajstić information content (AvgIpc) is 2.56. The summed E-state index contributed by atoms with van der Waals surface area (Å²) >= 11 is 12.4. The van der Waals surface area contributed by atoms with Crippen molar-refractivity contribution < 1.29 is 4.79 Å². The van der Waals surface area contributed by atoms with Gasteiger partial charge < -0.3 is 5.32 Å². The smallest absolute Gasteiger partial charge is 0.228 e. The molecule has 1 N–H and O–H groups in total. The average molecular weight is 258 g/mol. The Kier molecular flexibility index (Phi) is 3.41. The fraction of sp³-hybridized carbons (Fsp3) is 0.417. The van der Waals surface area contributed by atoms with Gasteiger partial charge in [0.2, 0.25) is 5.91 Å². The molecule has 2 nitrogen and oxygen atoms in total. The number of fused-ring (bicyclic) bond motifs is 1. The molecule has 4 heteroatoms. The van der Waals surface area contributed by atoms with Gasteiger partial charge in [-0.3, -0.25) is 4.79 Å². The summed E-state index contributed by atoms with van der Waals surface area (Å²) in [6.07, 6.45) is 2.33. The fourth-order valence-corrected chi connectivity index (χ4v) is 2.67. The maximum absolute atomic E-state index is 11.2. The number of nitrogens with one attached hydrogen (secondary N) is 1. The van der Waals surface area contributed by atoms with Gasteiger partial charge in [0.05, 0.1) is 11.8 Å². The molecule has 0 spiro atoms. The molecule has 1 aromatic carbocycles. The van der Waals surface area contributed by atoms with Crippen LogP contribution in [0.5, 0.6) is 0 Å².